The molecule has 0 aliphatic rings. The number of nitrogens with zero attached hydrogens (tertiary/aromatic N) is 2. The van der Waals surface area contributed by atoms with Gasteiger partial charge in [0.25, 0.3) is 0 Å². The third-order valence-corrected chi connectivity index (χ3v) is 10.6. The van der Waals surface area contributed by atoms with E-state index in [1.165, 1.54) is 70.4 Å². The van der Waals surface area contributed by atoms with Gasteiger partial charge in [0.05, 0.1) is 16.6 Å². The standard InChI is InChI=1S/C48H31N3/c1-3-15-31(16-4-1)50(32-17-5-2-6-18-32)33-27-29-34(30-28-33)51-42-26-14-12-24-40(42)45-46-43(36-20-8-10-22-38(36)48(45)51)35-19-7-9-21-37(35)47-44(46)39-23-11-13-25-41(39)49-47/h1-30,49H. The molecule has 0 amide bonds. The number of hydrogen-bond acceptors (Lipinski definition) is 1. The molecule has 0 fully saturated rings. The molecule has 0 aliphatic carbocycles. The molecule has 3 heteroatoms. The molecule has 0 radical (unpaired) electrons. The molecule has 238 valence electrons. The van der Waals surface area contributed by atoms with E-state index >= 15 is 0 Å². The second-order valence-electron chi connectivity index (χ2n) is 13.4. The van der Waals surface area contributed by atoms with Crippen molar-refractivity contribution in [2.75, 3.05) is 4.90 Å². The Balaban J connectivity index is 1.28. The van der Waals surface area contributed by atoms with Crippen LogP contribution in [0.5, 0.6) is 0 Å². The van der Waals surface area contributed by atoms with Crippen LogP contribution in [0.25, 0.3) is 81.6 Å². The lowest BCUT2D eigenvalue weighted by Crippen LogP contribution is -2.09. The smallest absolute Gasteiger partial charge is 0.0626 e. The SMILES string of the molecule is c1ccc(N(c2ccccc2)c2ccc(-n3c4ccccc4c4c5c(c6ccccc6c6[nH]c7ccccc7c65)c5ccccc5c43)cc2)cc1. The van der Waals surface area contributed by atoms with Crippen molar-refractivity contribution < 1.29 is 0 Å². The normalized spacial score (nSPS) is 11.9. The first-order valence-electron chi connectivity index (χ1n) is 17.5. The zero-order valence-electron chi connectivity index (χ0n) is 27.7. The third kappa shape index (κ3) is 4.00. The van der Waals surface area contributed by atoms with E-state index in [1.807, 2.05) is 0 Å². The van der Waals surface area contributed by atoms with Gasteiger partial charge in [-0.3, -0.25) is 0 Å². The number of benzene rings is 9. The van der Waals surface area contributed by atoms with E-state index in [2.05, 4.69) is 196 Å². The molecular weight excluding hydrogens is 619 g/mol. The first kappa shape index (κ1) is 28.0. The molecule has 51 heavy (non-hydrogen) atoms. The summed E-state index contributed by atoms with van der Waals surface area (Å²) in [5.74, 6) is 0. The molecular formula is C48H31N3. The van der Waals surface area contributed by atoms with E-state index in [0.29, 0.717) is 0 Å². The van der Waals surface area contributed by atoms with Crippen LogP contribution in [0.15, 0.2) is 182 Å². The number of aromatic nitrogens is 2. The van der Waals surface area contributed by atoms with Gasteiger partial charge < -0.3 is 14.5 Å². The van der Waals surface area contributed by atoms with Crippen molar-refractivity contribution >= 4 is 93.0 Å². The molecule has 0 bridgehead atoms. The van der Waals surface area contributed by atoms with Crippen LogP contribution in [-0.4, -0.2) is 9.55 Å². The number of fused-ring (bicyclic) bond motifs is 15. The van der Waals surface area contributed by atoms with Gasteiger partial charge in [0.2, 0.25) is 0 Å². The largest absolute Gasteiger partial charge is 0.354 e. The molecule has 0 saturated heterocycles. The number of aromatic amines is 1. The number of H-pyrrole nitrogens is 1. The molecule has 0 spiro atoms. The molecule has 3 nitrogen and oxygen atoms in total. The van der Waals surface area contributed by atoms with Crippen LogP contribution in [0.1, 0.15) is 0 Å². The Morgan fingerprint density at radius 3 is 1.55 bits per heavy atom. The lowest BCUT2D eigenvalue weighted by atomic mass is 9.89. The minimum atomic E-state index is 1.11. The predicted molar refractivity (Wildman–Crippen MR) is 217 cm³/mol. The number of para-hydroxylation sites is 4. The van der Waals surface area contributed by atoms with Gasteiger partial charge in [-0.15, -0.1) is 0 Å². The molecule has 0 aliphatic heterocycles. The average molecular weight is 650 g/mol. The summed E-state index contributed by atoms with van der Waals surface area (Å²) in [5.41, 5.74) is 9.28. The minimum absolute atomic E-state index is 1.11. The van der Waals surface area contributed by atoms with Crippen LogP contribution in [0.4, 0.5) is 17.1 Å². The minimum Gasteiger partial charge on any atom is -0.354 e. The second-order valence-corrected chi connectivity index (χ2v) is 13.4. The summed E-state index contributed by atoms with van der Waals surface area (Å²) in [5, 5.41) is 12.7. The maximum atomic E-state index is 3.84. The average Bonchev–Trinajstić information content (AvgIpc) is 3.76. The zero-order chi connectivity index (χ0) is 33.5. The van der Waals surface area contributed by atoms with E-state index in [0.717, 1.165) is 28.3 Å². The van der Waals surface area contributed by atoms with Gasteiger partial charge in [-0.05, 0) is 76.8 Å². The Bertz CT molecular complexity index is 3080. The Labute approximate surface area is 294 Å². The summed E-state index contributed by atoms with van der Waals surface area (Å²) in [7, 11) is 0. The lowest BCUT2D eigenvalue weighted by Gasteiger charge is -2.25. The Morgan fingerprint density at radius 2 is 0.863 bits per heavy atom. The highest BCUT2D eigenvalue weighted by Crippen LogP contribution is 2.49. The van der Waals surface area contributed by atoms with Crippen LogP contribution in [0.2, 0.25) is 0 Å². The molecule has 0 atom stereocenters. The van der Waals surface area contributed by atoms with Crippen LogP contribution < -0.4 is 4.90 Å². The van der Waals surface area contributed by atoms with E-state index in [1.54, 1.807) is 0 Å². The fourth-order valence-electron chi connectivity index (χ4n) is 8.59. The van der Waals surface area contributed by atoms with Crippen molar-refractivity contribution in [1.29, 1.82) is 0 Å². The highest BCUT2D eigenvalue weighted by molar-refractivity contribution is 6.45. The highest BCUT2D eigenvalue weighted by atomic mass is 15.1. The highest BCUT2D eigenvalue weighted by Gasteiger charge is 2.24. The summed E-state index contributed by atoms with van der Waals surface area (Å²) >= 11 is 0. The van der Waals surface area contributed by atoms with E-state index in [4.69, 9.17) is 0 Å². The third-order valence-electron chi connectivity index (χ3n) is 10.6. The predicted octanol–water partition coefficient (Wildman–Crippen LogP) is 13.3. The molecule has 11 aromatic rings. The van der Waals surface area contributed by atoms with Crippen molar-refractivity contribution in [1.82, 2.24) is 9.55 Å². The monoisotopic (exact) mass is 649 g/mol. The molecule has 2 aromatic heterocycles. The summed E-state index contributed by atoms with van der Waals surface area (Å²) in [6.45, 7) is 0. The van der Waals surface area contributed by atoms with Gasteiger partial charge in [-0.2, -0.15) is 0 Å². The molecule has 0 saturated carbocycles. The van der Waals surface area contributed by atoms with Crippen LogP contribution in [-0.2, 0) is 0 Å². The molecule has 2 heterocycles. The van der Waals surface area contributed by atoms with E-state index in [-0.39, 0.29) is 0 Å². The van der Waals surface area contributed by atoms with Gasteiger partial charge in [0, 0.05) is 66.0 Å². The molecule has 11 rings (SSSR count). The zero-order valence-corrected chi connectivity index (χ0v) is 27.7. The number of hydrogen-bond donors (Lipinski definition) is 1. The quantitative estimate of drug-likeness (QED) is 0.189. The van der Waals surface area contributed by atoms with Gasteiger partial charge in [0.15, 0.2) is 0 Å². The maximum Gasteiger partial charge on any atom is 0.0626 e. The fourth-order valence-corrected chi connectivity index (χ4v) is 8.59. The van der Waals surface area contributed by atoms with Gasteiger partial charge in [0.1, 0.15) is 0 Å². The van der Waals surface area contributed by atoms with Crippen molar-refractivity contribution in [2.24, 2.45) is 0 Å². The summed E-state index contributed by atoms with van der Waals surface area (Å²) in [6.07, 6.45) is 0. The van der Waals surface area contributed by atoms with Crippen LogP contribution in [0.3, 0.4) is 0 Å². The van der Waals surface area contributed by atoms with Crippen LogP contribution >= 0.6 is 0 Å². The Kier molecular flexibility index (Phi) is 5.96. The Hall–Kier alpha value is -6.84. The van der Waals surface area contributed by atoms with Crippen molar-refractivity contribution in [3.63, 3.8) is 0 Å². The number of anilines is 3. The van der Waals surface area contributed by atoms with Crippen molar-refractivity contribution in [2.45, 2.75) is 0 Å². The molecule has 9 aromatic carbocycles. The van der Waals surface area contributed by atoms with E-state index < -0.39 is 0 Å². The molecule has 0 unspecified atom stereocenters. The summed E-state index contributed by atoms with van der Waals surface area (Å²) < 4.78 is 2.49. The molecule has 1 N–H and O–H groups in total. The van der Waals surface area contributed by atoms with Gasteiger partial charge in [-0.1, -0.05) is 121 Å². The van der Waals surface area contributed by atoms with E-state index in [9.17, 15) is 0 Å². The number of rotatable bonds is 4. The maximum absolute atomic E-state index is 3.84. The summed E-state index contributed by atoms with van der Waals surface area (Å²) in [6, 6.07) is 65.8. The fraction of sp³-hybridized carbons (Fsp3) is 0. The Morgan fingerprint density at radius 1 is 0.353 bits per heavy atom. The lowest BCUT2D eigenvalue weighted by molar-refractivity contribution is 1.18. The van der Waals surface area contributed by atoms with Gasteiger partial charge >= 0.3 is 0 Å². The van der Waals surface area contributed by atoms with Crippen molar-refractivity contribution in [3.05, 3.63) is 182 Å². The van der Waals surface area contributed by atoms with Gasteiger partial charge in [-0.25, -0.2) is 0 Å². The second kappa shape index (κ2) is 10.8. The topological polar surface area (TPSA) is 24.0 Å². The number of nitrogens with one attached hydrogen (secondary N) is 1. The first-order chi connectivity index (χ1) is 25.3. The first-order valence-corrected chi connectivity index (χ1v) is 17.5. The summed E-state index contributed by atoms with van der Waals surface area (Å²) in [4.78, 5) is 6.16. The van der Waals surface area contributed by atoms with Crippen molar-refractivity contribution in [3.8, 4) is 5.69 Å². The van der Waals surface area contributed by atoms with Crippen LogP contribution in [0, 0.1) is 0 Å².